The van der Waals surface area contributed by atoms with Crippen molar-refractivity contribution in [2.45, 2.75) is 18.9 Å². The van der Waals surface area contributed by atoms with Crippen LogP contribution < -0.4 is 24.6 Å². The van der Waals surface area contributed by atoms with E-state index in [1.54, 1.807) is 24.2 Å². The quantitative estimate of drug-likeness (QED) is 0.227. The van der Waals surface area contributed by atoms with E-state index >= 15 is 0 Å². The fourth-order valence-electron chi connectivity index (χ4n) is 5.08. The van der Waals surface area contributed by atoms with Crippen LogP contribution in [0.25, 0.3) is 0 Å². The predicted octanol–water partition coefficient (Wildman–Crippen LogP) is 6.55. The number of ether oxygens (including phenoxy) is 3. The Morgan fingerprint density at radius 3 is 2.48 bits per heavy atom. The number of halogens is 2. The highest BCUT2D eigenvalue weighted by atomic mass is 35.5. The van der Waals surface area contributed by atoms with Crippen molar-refractivity contribution in [2.24, 2.45) is 7.05 Å². The predicted molar refractivity (Wildman–Crippen MR) is 166 cm³/mol. The molecule has 2 aromatic carbocycles. The largest absolute Gasteiger partial charge is 0.514 e. The number of hydrogen-bond acceptors (Lipinski definition) is 8. The summed E-state index contributed by atoms with van der Waals surface area (Å²) in [7, 11) is 2.82. The Morgan fingerprint density at radius 2 is 1.73 bits per heavy atom. The van der Waals surface area contributed by atoms with Crippen molar-refractivity contribution in [2.75, 3.05) is 35.3 Å². The zero-order valence-electron chi connectivity index (χ0n) is 23.8. The highest BCUT2D eigenvalue weighted by molar-refractivity contribution is 6.37. The van der Waals surface area contributed by atoms with Crippen LogP contribution in [-0.2, 0) is 11.8 Å². The molecular weight excluding hydrogens is 609 g/mol. The van der Waals surface area contributed by atoms with Crippen molar-refractivity contribution in [1.29, 1.82) is 0 Å². The minimum atomic E-state index is -0.894. The Morgan fingerprint density at radius 1 is 0.955 bits per heavy atom. The van der Waals surface area contributed by atoms with E-state index in [2.05, 4.69) is 19.9 Å². The molecule has 0 unspecified atom stereocenters. The molecule has 1 aliphatic carbocycles. The summed E-state index contributed by atoms with van der Waals surface area (Å²) in [6.07, 6.45) is 5.95. The molecular formula is C31H27Cl2N5O6. The van der Waals surface area contributed by atoms with E-state index in [1.165, 1.54) is 42.3 Å². The van der Waals surface area contributed by atoms with E-state index in [4.69, 9.17) is 32.7 Å². The van der Waals surface area contributed by atoms with Crippen molar-refractivity contribution in [3.63, 3.8) is 0 Å². The first kappa shape index (κ1) is 29.3. The second-order valence-corrected chi connectivity index (χ2v) is 11.1. The van der Waals surface area contributed by atoms with Crippen molar-refractivity contribution in [3.8, 4) is 17.4 Å². The van der Waals surface area contributed by atoms with Gasteiger partial charge in [-0.2, -0.15) is 0 Å². The number of nitrogens with one attached hydrogen (secondary N) is 1. The zero-order chi connectivity index (χ0) is 31.0. The van der Waals surface area contributed by atoms with Crippen LogP contribution in [0.5, 0.6) is 17.4 Å². The second-order valence-electron chi connectivity index (χ2n) is 10.3. The number of aromatic nitrogens is 2. The Kier molecular flexibility index (Phi) is 8.07. The number of amides is 2. The molecule has 2 aliphatic rings. The number of carbonyl (C=O) groups is 3. The number of carbonyl (C=O) groups excluding carboxylic acids is 3. The Balaban J connectivity index is 1.21. The molecule has 0 bridgehead atoms. The minimum absolute atomic E-state index is 0.0657. The molecule has 0 radical (unpaired) electrons. The van der Waals surface area contributed by atoms with Crippen LogP contribution >= 0.6 is 23.2 Å². The SMILES string of the molecule is COC(=O)Oc1cc(NC(=O)c2cc(Cl)c(Oc3ccncc3C(=O)N3CCN(C4CC4)c4ccccc43)cc2Cl)cn1C. The van der Waals surface area contributed by atoms with E-state index < -0.39 is 12.1 Å². The number of para-hydroxylation sites is 2. The molecule has 2 amide bonds. The van der Waals surface area contributed by atoms with Crippen molar-refractivity contribution in [1.82, 2.24) is 9.55 Å². The number of hydrogen-bond donors (Lipinski definition) is 1. The third-order valence-corrected chi connectivity index (χ3v) is 7.96. The molecule has 13 heteroatoms. The van der Waals surface area contributed by atoms with E-state index in [-0.39, 0.29) is 44.5 Å². The number of aryl methyl sites for hydroxylation is 1. The molecule has 0 spiro atoms. The lowest BCUT2D eigenvalue weighted by Gasteiger charge is -2.38. The van der Waals surface area contributed by atoms with Crippen LogP contribution in [0.2, 0.25) is 10.0 Å². The average Bonchev–Trinajstić information content (AvgIpc) is 3.81. The van der Waals surface area contributed by atoms with Gasteiger partial charge in [0.05, 0.1) is 39.8 Å². The maximum atomic E-state index is 13.9. The third-order valence-electron chi connectivity index (χ3n) is 7.35. The summed E-state index contributed by atoms with van der Waals surface area (Å²) in [5.41, 5.74) is 2.56. The van der Waals surface area contributed by atoms with E-state index in [9.17, 15) is 14.4 Å². The summed E-state index contributed by atoms with van der Waals surface area (Å²) in [5.74, 6) is -0.253. The van der Waals surface area contributed by atoms with Gasteiger partial charge in [-0.1, -0.05) is 35.3 Å². The van der Waals surface area contributed by atoms with Crippen LogP contribution in [0.4, 0.5) is 21.9 Å². The summed E-state index contributed by atoms with van der Waals surface area (Å²) < 4.78 is 17.1. The minimum Gasteiger partial charge on any atom is -0.455 e. The van der Waals surface area contributed by atoms with Gasteiger partial charge in [0.25, 0.3) is 11.8 Å². The normalized spacial score (nSPS) is 14.1. The van der Waals surface area contributed by atoms with Crippen LogP contribution in [0.15, 0.2) is 67.1 Å². The molecule has 2 aromatic heterocycles. The molecule has 1 fully saturated rings. The first-order chi connectivity index (χ1) is 21.2. The topological polar surface area (TPSA) is 115 Å². The highest BCUT2D eigenvalue weighted by Gasteiger charge is 2.36. The summed E-state index contributed by atoms with van der Waals surface area (Å²) in [6.45, 7) is 1.26. The van der Waals surface area contributed by atoms with Gasteiger partial charge in [0.2, 0.25) is 5.88 Å². The summed E-state index contributed by atoms with van der Waals surface area (Å²) in [6, 6.07) is 14.2. The summed E-state index contributed by atoms with van der Waals surface area (Å²) in [5, 5.41) is 2.86. The van der Waals surface area contributed by atoms with Gasteiger partial charge < -0.3 is 33.9 Å². The van der Waals surface area contributed by atoms with E-state index in [1.807, 2.05) is 24.3 Å². The molecule has 1 N–H and O–H groups in total. The van der Waals surface area contributed by atoms with E-state index in [0.717, 1.165) is 30.8 Å². The van der Waals surface area contributed by atoms with Crippen LogP contribution in [0.3, 0.4) is 0 Å². The van der Waals surface area contributed by atoms with Crippen molar-refractivity contribution >= 4 is 58.2 Å². The molecule has 3 heterocycles. The zero-order valence-corrected chi connectivity index (χ0v) is 25.3. The monoisotopic (exact) mass is 635 g/mol. The van der Waals surface area contributed by atoms with Crippen molar-refractivity contribution < 1.29 is 28.6 Å². The number of fused-ring (bicyclic) bond motifs is 1. The van der Waals surface area contributed by atoms with E-state index in [0.29, 0.717) is 18.3 Å². The Labute approximate surface area is 262 Å². The lowest BCUT2D eigenvalue weighted by molar-refractivity contribution is 0.0982. The van der Waals surface area contributed by atoms with Gasteiger partial charge in [0, 0.05) is 56.9 Å². The number of methoxy groups -OCH3 is 1. The maximum Gasteiger partial charge on any atom is 0.514 e. The first-order valence-electron chi connectivity index (χ1n) is 13.8. The number of anilines is 3. The average molecular weight is 636 g/mol. The Bertz CT molecular complexity index is 1770. The van der Waals surface area contributed by atoms with Gasteiger partial charge in [0.1, 0.15) is 17.1 Å². The number of nitrogens with zero attached hydrogens (tertiary/aromatic N) is 4. The lowest BCUT2D eigenvalue weighted by atomic mass is 10.1. The van der Waals surface area contributed by atoms with Gasteiger partial charge in [-0.25, -0.2) is 4.79 Å². The maximum absolute atomic E-state index is 13.9. The van der Waals surface area contributed by atoms with Gasteiger partial charge >= 0.3 is 6.16 Å². The first-order valence-corrected chi connectivity index (χ1v) is 14.5. The Hall–Kier alpha value is -4.74. The molecule has 1 saturated carbocycles. The van der Waals surface area contributed by atoms with Gasteiger partial charge in [-0.15, -0.1) is 0 Å². The van der Waals surface area contributed by atoms with Crippen LogP contribution in [-0.4, -0.2) is 53.8 Å². The van der Waals surface area contributed by atoms with Crippen molar-refractivity contribution in [3.05, 3.63) is 88.3 Å². The smallest absolute Gasteiger partial charge is 0.455 e. The number of rotatable bonds is 7. The molecule has 11 nitrogen and oxygen atoms in total. The van der Waals surface area contributed by atoms with Crippen LogP contribution in [0, 0.1) is 0 Å². The second kappa shape index (κ2) is 12.1. The number of benzene rings is 2. The molecule has 0 atom stereocenters. The standard InChI is InChI=1S/C31H27Cl2N5O6/c1-36-17-18(13-28(36)44-31(41)42-2)35-29(39)20-14-23(33)27(15-22(20)32)43-26-9-10-34-16-21(26)30(40)38-12-11-37(19-7-8-19)24-5-3-4-6-25(24)38/h3-6,9-10,13-17,19H,7-8,11-12H2,1-2H3,(H,35,39). The third kappa shape index (κ3) is 5.88. The van der Waals surface area contributed by atoms with Gasteiger partial charge in [0.15, 0.2) is 0 Å². The van der Waals surface area contributed by atoms with Crippen LogP contribution in [0.1, 0.15) is 33.6 Å². The molecule has 4 aromatic rings. The molecule has 6 rings (SSSR count). The lowest BCUT2D eigenvalue weighted by Crippen LogP contribution is -2.45. The fourth-order valence-corrected chi connectivity index (χ4v) is 5.52. The molecule has 0 saturated heterocycles. The van der Waals surface area contributed by atoms with Gasteiger partial charge in [-0.3, -0.25) is 14.6 Å². The summed E-state index contributed by atoms with van der Waals surface area (Å²) >= 11 is 13.0. The molecule has 1 aliphatic heterocycles. The van der Waals surface area contributed by atoms with Gasteiger partial charge in [-0.05, 0) is 37.1 Å². The fraction of sp³-hybridized carbons (Fsp3) is 0.226. The molecule has 226 valence electrons. The summed E-state index contributed by atoms with van der Waals surface area (Å²) in [4.78, 5) is 46.6. The number of pyridine rings is 1. The molecule has 44 heavy (non-hydrogen) atoms. The highest BCUT2D eigenvalue weighted by Crippen LogP contribution is 2.41.